The van der Waals surface area contributed by atoms with Gasteiger partial charge in [-0.05, 0) is 61.1 Å². The summed E-state index contributed by atoms with van der Waals surface area (Å²) < 4.78 is 3.11. The smallest absolute Gasteiger partial charge is 0.329 e. The summed E-state index contributed by atoms with van der Waals surface area (Å²) in [5, 5.41) is 11.9. The number of rotatable bonds is 2. The van der Waals surface area contributed by atoms with Crippen LogP contribution in [0.2, 0.25) is 0 Å². The number of nitrogens with one attached hydrogen (secondary N) is 1. The summed E-state index contributed by atoms with van der Waals surface area (Å²) in [5.41, 5.74) is 2.86. The molecule has 1 aliphatic heterocycles. The molecule has 3 fully saturated rings. The molecular weight excluding hydrogens is 346 g/mol. The van der Waals surface area contributed by atoms with Crippen molar-refractivity contribution in [2.45, 2.75) is 56.6 Å². The van der Waals surface area contributed by atoms with Gasteiger partial charge in [-0.2, -0.15) is 0 Å². The first-order valence-electron chi connectivity index (χ1n) is 9.59. The highest BCUT2D eigenvalue weighted by molar-refractivity contribution is 6.00. The van der Waals surface area contributed by atoms with Crippen LogP contribution in [0.25, 0.3) is 11.0 Å². The Kier molecular flexibility index (Phi) is 3.44. The van der Waals surface area contributed by atoms with Crippen molar-refractivity contribution in [3.63, 3.8) is 0 Å². The van der Waals surface area contributed by atoms with Crippen LogP contribution in [0.5, 0.6) is 0 Å². The molecular formula is C20H23N3O4. The molecule has 2 aromatic rings. The van der Waals surface area contributed by atoms with E-state index in [9.17, 15) is 19.5 Å². The first-order valence-corrected chi connectivity index (χ1v) is 9.59. The molecule has 2 N–H and O–H groups in total. The number of nitrogens with zero attached hydrogens (tertiary/aromatic N) is 2. The maximum atomic E-state index is 12.8. The highest BCUT2D eigenvalue weighted by atomic mass is 16.3. The zero-order chi connectivity index (χ0) is 18.9. The van der Waals surface area contributed by atoms with Crippen molar-refractivity contribution in [1.29, 1.82) is 0 Å². The predicted octanol–water partition coefficient (Wildman–Crippen LogP) is 1.34. The summed E-state index contributed by atoms with van der Waals surface area (Å²) in [4.78, 5) is 36.5. The van der Waals surface area contributed by atoms with Crippen LogP contribution < -0.4 is 11.0 Å². The van der Waals surface area contributed by atoms with Crippen LogP contribution in [0.4, 0.5) is 0 Å². The number of imide groups is 1. The van der Waals surface area contributed by atoms with Gasteiger partial charge in [-0.3, -0.25) is 24.0 Å². The van der Waals surface area contributed by atoms with E-state index in [1.165, 1.54) is 10.1 Å². The van der Waals surface area contributed by atoms with E-state index in [0.29, 0.717) is 17.8 Å². The normalized spacial score (nSPS) is 33.0. The Morgan fingerprint density at radius 3 is 2.52 bits per heavy atom. The molecule has 1 spiro atoms. The molecule has 2 saturated carbocycles. The summed E-state index contributed by atoms with van der Waals surface area (Å²) in [6.07, 6.45) is 4.48. The van der Waals surface area contributed by atoms with Gasteiger partial charge >= 0.3 is 5.69 Å². The third-order valence-corrected chi connectivity index (χ3v) is 6.80. The highest BCUT2D eigenvalue weighted by Gasteiger charge is 2.52. The number of fused-ring (bicyclic) bond motifs is 1. The second-order valence-electron chi connectivity index (χ2n) is 8.59. The van der Waals surface area contributed by atoms with Crippen molar-refractivity contribution in [2.24, 2.45) is 12.5 Å². The summed E-state index contributed by atoms with van der Waals surface area (Å²) in [5.74, 6) is -0.225. The van der Waals surface area contributed by atoms with Gasteiger partial charge in [-0.25, -0.2) is 4.79 Å². The Labute approximate surface area is 156 Å². The standard InChI is InChI=1S/C20H23N3O4/c1-22-16-6-11(12-7-20(8-12)9-13(24)10-20)2-3-14(16)23(19(22)27)15-4-5-17(25)21-18(15)26/h2-3,6,12-13,15,24H,4-5,7-10H2,1H3,(H,21,25,26). The first kappa shape index (κ1) is 16.7. The number of aromatic nitrogens is 2. The molecule has 27 heavy (non-hydrogen) atoms. The molecule has 2 aliphatic carbocycles. The predicted molar refractivity (Wildman–Crippen MR) is 98.2 cm³/mol. The Morgan fingerprint density at radius 2 is 1.85 bits per heavy atom. The minimum Gasteiger partial charge on any atom is -0.393 e. The number of amides is 2. The third-order valence-electron chi connectivity index (χ3n) is 6.80. The number of benzene rings is 1. The Hall–Kier alpha value is -2.41. The summed E-state index contributed by atoms with van der Waals surface area (Å²) >= 11 is 0. The van der Waals surface area contributed by atoms with Crippen LogP contribution in [0, 0.1) is 5.41 Å². The van der Waals surface area contributed by atoms with Crippen molar-refractivity contribution in [2.75, 3.05) is 0 Å². The fraction of sp³-hybridized carbons (Fsp3) is 0.550. The monoisotopic (exact) mass is 369 g/mol. The van der Waals surface area contributed by atoms with Gasteiger partial charge in [0.05, 0.1) is 17.1 Å². The molecule has 1 unspecified atom stereocenters. The lowest BCUT2D eigenvalue weighted by molar-refractivity contribution is -0.135. The molecule has 2 heterocycles. The number of piperidine rings is 1. The average Bonchev–Trinajstić information content (AvgIpc) is 2.81. The van der Waals surface area contributed by atoms with Crippen LogP contribution in [0.1, 0.15) is 56.0 Å². The van der Waals surface area contributed by atoms with E-state index in [1.54, 1.807) is 11.6 Å². The molecule has 3 aliphatic rings. The Morgan fingerprint density at radius 1 is 1.11 bits per heavy atom. The second kappa shape index (κ2) is 5.55. The van der Waals surface area contributed by atoms with E-state index < -0.39 is 11.9 Å². The zero-order valence-corrected chi connectivity index (χ0v) is 15.3. The molecule has 7 heteroatoms. The van der Waals surface area contributed by atoms with E-state index in [1.807, 2.05) is 6.07 Å². The topological polar surface area (TPSA) is 93.3 Å². The molecule has 1 atom stereocenters. The summed E-state index contributed by atoms with van der Waals surface area (Å²) in [7, 11) is 1.72. The molecule has 0 bridgehead atoms. The highest BCUT2D eigenvalue weighted by Crippen LogP contribution is 2.61. The number of imidazole rings is 1. The lowest BCUT2D eigenvalue weighted by Gasteiger charge is -2.56. The average molecular weight is 369 g/mol. The molecule has 1 aromatic carbocycles. The van der Waals surface area contributed by atoms with Crippen LogP contribution in [0.15, 0.2) is 23.0 Å². The van der Waals surface area contributed by atoms with Gasteiger partial charge in [0.2, 0.25) is 11.8 Å². The quantitative estimate of drug-likeness (QED) is 0.781. The maximum Gasteiger partial charge on any atom is 0.329 e. The molecule has 0 radical (unpaired) electrons. The fourth-order valence-corrected chi connectivity index (χ4v) is 5.36. The molecule has 5 rings (SSSR count). The fourth-order valence-electron chi connectivity index (χ4n) is 5.36. The van der Waals surface area contributed by atoms with Gasteiger partial charge in [-0.1, -0.05) is 6.07 Å². The Bertz CT molecular complexity index is 1020. The number of aryl methyl sites for hydroxylation is 1. The van der Waals surface area contributed by atoms with E-state index in [0.717, 1.165) is 36.7 Å². The van der Waals surface area contributed by atoms with Crippen molar-refractivity contribution in [1.82, 2.24) is 14.5 Å². The number of carbonyl (C=O) groups excluding carboxylic acids is 2. The number of carbonyl (C=O) groups is 2. The van der Waals surface area contributed by atoms with Crippen molar-refractivity contribution in [3.05, 3.63) is 34.2 Å². The van der Waals surface area contributed by atoms with Crippen molar-refractivity contribution < 1.29 is 14.7 Å². The first-order chi connectivity index (χ1) is 12.9. The van der Waals surface area contributed by atoms with Crippen LogP contribution in [-0.4, -0.2) is 32.2 Å². The van der Waals surface area contributed by atoms with Crippen molar-refractivity contribution >= 4 is 22.8 Å². The molecule has 1 saturated heterocycles. The minimum absolute atomic E-state index is 0.128. The molecule has 142 valence electrons. The van der Waals surface area contributed by atoms with Gasteiger partial charge in [0.1, 0.15) is 6.04 Å². The third kappa shape index (κ3) is 2.41. The zero-order valence-electron chi connectivity index (χ0n) is 15.3. The minimum atomic E-state index is -0.645. The molecule has 7 nitrogen and oxygen atoms in total. The lowest BCUT2D eigenvalue weighted by atomic mass is 9.49. The van der Waals surface area contributed by atoms with Crippen LogP contribution >= 0.6 is 0 Å². The Balaban J connectivity index is 1.48. The largest absolute Gasteiger partial charge is 0.393 e. The number of hydrogen-bond donors (Lipinski definition) is 2. The van der Waals surface area contributed by atoms with E-state index >= 15 is 0 Å². The molecule has 1 aromatic heterocycles. The number of aliphatic hydroxyl groups excluding tert-OH is 1. The number of aliphatic hydroxyl groups is 1. The van der Waals surface area contributed by atoms with Crippen molar-refractivity contribution in [3.8, 4) is 0 Å². The van der Waals surface area contributed by atoms with Gasteiger partial charge < -0.3 is 5.11 Å². The van der Waals surface area contributed by atoms with Gasteiger partial charge in [-0.15, -0.1) is 0 Å². The van der Waals surface area contributed by atoms with Gasteiger partial charge in [0.25, 0.3) is 0 Å². The van der Waals surface area contributed by atoms with Crippen LogP contribution in [-0.2, 0) is 16.6 Å². The van der Waals surface area contributed by atoms with Gasteiger partial charge in [0.15, 0.2) is 0 Å². The maximum absolute atomic E-state index is 12.8. The SMILES string of the molecule is Cn1c(=O)n(C2CCC(=O)NC2=O)c2ccc(C3CC4(CC(O)C4)C3)cc21. The summed E-state index contributed by atoms with van der Waals surface area (Å²) in [6.45, 7) is 0. The van der Waals surface area contributed by atoms with E-state index in [4.69, 9.17) is 0 Å². The van der Waals surface area contributed by atoms with E-state index in [-0.39, 0.29) is 24.1 Å². The molecule has 2 amide bonds. The number of hydrogen-bond acceptors (Lipinski definition) is 4. The van der Waals surface area contributed by atoms with Gasteiger partial charge in [0, 0.05) is 13.5 Å². The second-order valence-corrected chi connectivity index (χ2v) is 8.59. The van der Waals surface area contributed by atoms with E-state index in [2.05, 4.69) is 17.4 Å². The lowest BCUT2D eigenvalue weighted by Crippen LogP contribution is -2.49. The summed E-state index contributed by atoms with van der Waals surface area (Å²) in [6, 6.07) is 5.40. The van der Waals surface area contributed by atoms with Crippen LogP contribution in [0.3, 0.4) is 0 Å².